The zero-order valence-electron chi connectivity index (χ0n) is 11.7. The molecule has 0 spiro atoms. The van der Waals surface area contributed by atoms with Gasteiger partial charge in [0, 0.05) is 0 Å². The molecule has 0 N–H and O–H groups in total. The molecule has 2 aromatic rings. The summed E-state index contributed by atoms with van der Waals surface area (Å²) in [5.41, 5.74) is 1.37. The molecule has 0 aliphatic heterocycles. The predicted octanol–water partition coefficient (Wildman–Crippen LogP) is 1.81. The quantitative estimate of drug-likeness (QED) is 0.796. The van der Waals surface area contributed by atoms with Gasteiger partial charge >= 0.3 is 0 Å². The lowest BCUT2D eigenvalue weighted by Gasteiger charge is -2.08. The topological polar surface area (TPSA) is 61.2 Å². The van der Waals surface area contributed by atoms with E-state index < -0.39 is 0 Å². The fourth-order valence-electron chi connectivity index (χ4n) is 2.02. The summed E-state index contributed by atoms with van der Waals surface area (Å²) in [6, 6.07) is 7.36. The molecule has 0 atom stereocenters. The molecule has 2 rings (SSSR count). The fourth-order valence-corrected chi connectivity index (χ4v) is 2.02. The Morgan fingerprint density at radius 1 is 1.30 bits per heavy atom. The second-order valence-electron chi connectivity index (χ2n) is 4.57. The zero-order chi connectivity index (χ0) is 14.7. The molecule has 0 aliphatic carbocycles. The van der Waals surface area contributed by atoms with Crippen LogP contribution in [0.1, 0.15) is 28.4 Å². The van der Waals surface area contributed by atoms with Crippen LogP contribution in [0.15, 0.2) is 35.3 Å². The minimum atomic E-state index is -0.353. The maximum atomic E-state index is 12.2. The van der Waals surface area contributed by atoms with Crippen LogP contribution >= 0.6 is 0 Å². The lowest BCUT2D eigenvalue weighted by molar-refractivity contribution is 0.101. The largest absolute Gasteiger partial charge is 0.497 e. The third-order valence-electron chi connectivity index (χ3n) is 3.08. The van der Waals surface area contributed by atoms with Gasteiger partial charge in [-0.1, -0.05) is 12.1 Å². The second kappa shape index (κ2) is 5.69. The van der Waals surface area contributed by atoms with Crippen molar-refractivity contribution < 1.29 is 9.53 Å². The Morgan fingerprint density at radius 2 is 1.95 bits per heavy atom. The number of benzene rings is 1. The van der Waals surface area contributed by atoms with Crippen LogP contribution in [0.4, 0.5) is 0 Å². The monoisotopic (exact) mass is 272 g/mol. The first-order valence-electron chi connectivity index (χ1n) is 6.23. The molecule has 1 aromatic carbocycles. The van der Waals surface area contributed by atoms with E-state index in [1.54, 1.807) is 20.2 Å². The molecule has 0 bridgehead atoms. The van der Waals surface area contributed by atoms with Crippen LogP contribution in [-0.2, 0) is 6.54 Å². The molecule has 0 aliphatic rings. The Bertz CT molecular complexity index is 687. The number of aromatic nitrogens is 2. The van der Waals surface area contributed by atoms with E-state index >= 15 is 0 Å². The van der Waals surface area contributed by atoms with E-state index in [9.17, 15) is 9.59 Å². The Balaban J connectivity index is 2.36. The second-order valence-corrected chi connectivity index (χ2v) is 4.57. The molecular weight excluding hydrogens is 256 g/mol. The van der Waals surface area contributed by atoms with Crippen molar-refractivity contribution in [2.45, 2.75) is 20.4 Å². The van der Waals surface area contributed by atoms with E-state index in [0.717, 1.165) is 11.3 Å². The summed E-state index contributed by atoms with van der Waals surface area (Å²) in [5.74, 6) is 0.515. The van der Waals surface area contributed by atoms with E-state index in [2.05, 4.69) is 5.10 Å². The lowest BCUT2D eigenvalue weighted by Crippen LogP contribution is -2.29. The molecule has 0 fully saturated rings. The van der Waals surface area contributed by atoms with E-state index in [1.165, 1.54) is 11.6 Å². The van der Waals surface area contributed by atoms with Gasteiger partial charge in [-0.2, -0.15) is 5.10 Å². The smallest absolute Gasteiger partial charge is 0.278 e. The van der Waals surface area contributed by atoms with Crippen molar-refractivity contribution in [1.82, 2.24) is 9.78 Å². The van der Waals surface area contributed by atoms with Gasteiger partial charge in [-0.15, -0.1) is 0 Å². The Hall–Kier alpha value is -2.43. The van der Waals surface area contributed by atoms with Gasteiger partial charge in [-0.3, -0.25) is 9.59 Å². The van der Waals surface area contributed by atoms with Gasteiger partial charge < -0.3 is 4.74 Å². The molecule has 5 nitrogen and oxygen atoms in total. The highest BCUT2D eigenvalue weighted by atomic mass is 16.5. The third kappa shape index (κ3) is 2.77. The Labute approximate surface area is 116 Å². The van der Waals surface area contributed by atoms with Crippen LogP contribution in [0.2, 0.25) is 0 Å². The van der Waals surface area contributed by atoms with Crippen molar-refractivity contribution in [2.75, 3.05) is 7.11 Å². The van der Waals surface area contributed by atoms with Crippen LogP contribution in [-0.4, -0.2) is 22.7 Å². The van der Waals surface area contributed by atoms with Crippen LogP contribution in [0.25, 0.3) is 0 Å². The average molecular weight is 272 g/mol. The summed E-state index contributed by atoms with van der Waals surface area (Å²) in [7, 11) is 1.60. The summed E-state index contributed by atoms with van der Waals surface area (Å²) in [4.78, 5) is 23.7. The van der Waals surface area contributed by atoms with E-state index in [4.69, 9.17) is 4.74 Å². The van der Waals surface area contributed by atoms with Crippen molar-refractivity contribution in [3.05, 3.63) is 57.5 Å². The van der Waals surface area contributed by atoms with Crippen molar-refractivity contribution in [1.29, 1.82) is 0 Å². The first kappa shape index (κ1) is 14.0. The molecule has 1 aromatic heterocycles. The number of carbonyl (C=O) groups is 1. The minimum Gasteiger partial charge on any atom is -0.497 e. The van der Waals surface area contributed by atoms with E-state index in [1.807, 2.05) is 24.3 Å². The lowest BCUT2D eigenvalue weighted by atomic mass is 10.1. The zero-order valence-corrected chi connectivity index (χ0v) is 11.7. The number of methoxy groups -OCH3 is 1. The average Bonchev–Trinajstić information content (AvgIpc) is 2.42. The SMILES string of the molecule is COc1ccc(Cn2ncc(C)c(C(C)=O)c2=O)cc1. The van der Waals surface area contributed by atoms with E-state index in [0.29, 0.717) is 12.1 Å². The highest BCUT2D eigenvalue weighted by Gasteiger charge is 2.12. The van der Waals surface area contributed by atoms with Crippen LogP contribution in [0.3, 0.4) is 0 Å². The van der Waals surface area contributed by atoms with Crippen molar-refractivity contribution in [3.8, 4) is 5.75 Å². The van der Waals surface area contributed by atoms with Crippen molar-refractivity contribution in [3.63, 3.8) is 0 Å². The van der Waals surface area contributed by atoms with Crippen molar-refractivity contribution >= 4 is 5.78 Å². The third-order valence-corrected chi connectivity index (χ3v) is 3.08. The first-order valence-corrected chi connectivity index (χ1v) is 6.23. The summed E-state index contributed by atoms with van der Waals surface area (Å²) >= 11 is 0. The first-order chi connectivity index (χ1) is 9.52. The van der Waals surface area contributed by atoms with Gasteiger partial charge in [-0.25, -0.2) is 4.68 Å². The van der Waals surface area contributed by atoms with E-state index in [-0.39, 0.29) is 16.9 Å². The van der Waals surface area contributed by atoms with Crippen LogP contribution < -0.4 is 10.3 Å². The van der Waals surface area contributed by atoms with Crippen LogP contribution in [0, 0.1) is 6.92 Å². The van der Waals surface area contributed by atoms with Gasteiger partial charge in [0.25, 0.3) is 5.56 Å². The van der Waals surface area contributed by atoms with Crippen LogP contribution in [0.5, 0.6) is 5.75 Å². The van der Waals surface area contributed by atoms with Gasteiger partial charge in [0.05, 0.1) is 25.4 Å². The Morgan fingerprint density at radius 3 is 2.50 bits per heavy atom. The molecule has 0 radical (unpaired) electrons. The standard InChI is InChI=1S/C15H16N2O3/c1-10-8-16-17(15(19)14(10)11(2)18)9-12-4-6-13(20-3)7-5-12/h4-8H,9H2,1-3H3. The number of ether oxygens (including phenoxy) is 1. The highest BCUT2D eigenvalue weighted by molar-refractivity contribution is 5.94. The molecule has 104 valence electrons. The van der Waals surface area contributed by atoms with Gasteiger partial charge in [0.2, 0.25) is 0 Å². The molecule has 0 unspecified atom stereocenters. The maximum absolute atomic E-state index is 12.2. The predicted molar refractivity (Wildman–Crippen MR) is 75.3 cm³/mol. The number of aryl methyl sites for hydroxylation is 1. The minimum absolute atomic E-state index is 0.202. The maximum Gasteiger partial charge on any atom is 0.278 e. The summed E-state index contributed by atoms with van der Waals surface area (Å²) in [6.07, 6.45) is 1.54. The molecule has 0 saturated carbocycles. The molecular formula is C15H16N2O3. The molecule has 0 saturated heterocycles. The molecule has 5 heteroatoms. The number of Topliss-reactive ketones (excluding diaryl/α,β-unsaturated/α-hetero) is 1. The van der Waals surface area contributed by atoms with Crippen molar-refractivity contribution in [2.24, 2.45) is 0 Å². The number of hydrogen-bond donors (Lipinski definition) is 0. The number of ketones is 1. The normalized spacial score (nSPS) is 10.3. The number of rotatable bonds is 4. The number of carbonyl (C=O) groups excluding carboxylic acids is 1. The van der Waals surface area contributed by atoms with Gasteiger partial charge in [0.1, 0.15) is 5.75 Å². The van der Waals surface area contributed by atoms with Gasteiger partial charge in [0.15, 0.2) is 5.78 Å². The highest BCUT2D eigenvalue weighted by Crippen LogP contribution is 2.11. The summed E-state index contributed by atoms with van der Waals surface area (Å²) in [6.45, 7) is 3.42. The Kier molecular flexibility index (Phi) is 3.98. The fraction of sp³-hybridized carbons (Fsp3) is 0.267. The number of hydrogen-bond acceptors (Lipinski definition) is 4. The number of nitrogens with zero attached hydrogens (tertiary/aromatic N) is 2. The summed E-state index contributed by atoms with van der Waals surface area (Å²) in [5, 5.41) is 4.08. The molecule has 0 amide bonds. The van der Waals surface area contributed by atoms with Gasteiger partial charge in [-0.05, 0) is 37.1 Å². The molecule has 20 heavy (non-hydrogen) atoms. The molecule has 1 heterocycles. The summed E-state index contributed by atoms with van der Waals surface area (Å²) < 4.78 is 6.38.